The van der Waals surface area contributed by atoms with Crippen LogP contribution < -0.4 is 10.1 Å². The van der Waals surface area contributed by atoms with Crippen LogP contribution in [0.2, 0.25) is 0 Å². The molecular weight excluding hydrogens is 186 g/mol. The third-order valence-electron chi connectivity index (χ3n) is 2.31. The van der Waals surface area contributed by atoms with Gasteiger partial charge in [-0.15, -0.1) is 6.58 Å². The van der Waals surface area contributed by atoms with Crippen LogP contribution in [-0.4, -0.2) is 20.2 Å². The first-order valence-corrected chi connectivity index (χ1v) is 5.39. The van der Waals surface area contributed by atoms with Gasteiger partial charge in [-0.25, -0.2) is 0 Å². The number of likely N-dealkylation sites (N-methyl/N-ethyl adjacent to an activating group) is 1. The number of ether oxygens (including phenoxy) is 1. The minimum Gasteiger partial charge on any atom is -0.487 e. The molecule has 0 atom stereocenters. The fourth-order valence-electron chi connectivity index (χ4n) is 1.51. The highest BCUT2D eigenvalue weighted by molar-refractivity contribution is 5.41. The van der Waals surface area contributed by atoms with Gasteiger partial charge in [0.1, 0.15) is 18.9 Å². The van der Waals surface area contributed by atoms with Crippen molar-refractivity contribution in [3.05, 3.63) is 42.0 Å². The number of para-hydroxylation sites is 1. The molecule has 0 saturated heterocycles. The molecule has 2 nitrogen and oxygen atoms in total. The first-order chi connectivity index (χ1) is 7.29. The van der Waals surface area contributed by atoms with E-state index in [-0.39, 0.29) is 0 Å². The fourth-order valence-corrected chi connectivity index (χ4v) is 1.51. The van der Waals surface area contributed by atoms with E-state index in [0.29, 0.717) is 0 Å². The van der Waals surface area contributed by atoms with Crippen LogP contribution >= 0.6 is 0 Å². The number of nitrogens with two attached hydrogens (primary N) is 1. The van der Waals surface area contributed by atoms with Crippen LogP contribution in [0.25, 0.3) is 0 Å². The topological polar surface area (TPSA) is 25.8 Å². The van der Waals surface area contributed by atoms with Crippen LogP contribution in [0.4, 0.5) is 0 Å². The van der Waals surface area contributed by atoms with Crippen molar-refractivity contribution in [1.29, 1.82) is 0 Å². The van der Waals surface area contributed by atoms with Crippen molar-refractivity contribution in [3.63, 3.8) is 0 Å². The Balaban J connectivity index is 2.77. The SMILES string of the molecule is C=CCc1cccc(C)c1OCC[NH2+]C. The summed E-state index contributed by atoms with van der Waals surface area (Å²) in [5, 5.41) is 2.12. The summed E-state index contributed by atoms with van der Waals surface area (Å²) < 4.78 is 5.78. The van der Waals surface area contributed by atoms with Crippen LogP contribution in [0.3, 0.4) is 0 Å². The minimum absolute atomic E-state index is 0.755. The van der Waals surface area contributed by atoms with Crippen molar-refractivity contribution in [2.24, 2.45) is 0 Å². The van der Waals surface area contributed by atoms with Crippen LogP contribution in [0, 0.1) is 6.92 Å². The third kappa shape index (κ3) is 3.40. The van der Waals surface area contributed by atoms with Crippen LogP contribution in [0.1, 0.15) is 11.1 Å². The summed E-state index contributed by atoms with van der Waals surface area (Å²) in [7, 11) is 2.05. The Kier molecular flexibility index (Phi) is 4.91. The monoisotopic (exact) mass is 206 g/mol. The standard InChI is InChI=1S/C13H19NO/c1-4-6-12-8-5-7-11(2)13(12)15-10-9-14-3/h4-5,7-8,14H,1,6,9-10H2,2-3H3/p+1. The van der Waals surface area contributed by atoms with E-state index in [9.17, 15) is 0 Å². The average molecular weight is 206 g/mol. The number of rotatable bonds is 6. The molecule has 0 unspecified atom stereocenters. The Morgan fingerprint density at radius 2 is 2.27 bits per heavy atom. The molecule has 0 aromatic heterocycles. The number of hydrogen-bond acceptors (Lipinski definition) is 1. The Morgan fingerprint density at radius 3 is 2.93 bits per heavy atom. The molecule has 0 heterocycles. The van der Waals surface area contributed by atoms with Gasteiger partial charge >= 0.3 is 0 Å². The predicted octanol–water partition coefficient (Wildman–Crippen LogP) is 1.30. The summed E-state index contributed by atoms with van der Waals surface area (Å²) in [5.41, 5.74) is 2.42. The molecule has 1 rings (SSSR count). The first kappa shape index (κ1) is 11.8. The van der Waals surface area contributed by atoms with E-state index in [0.717, 1.165) is 25.3 Å². The van der Waals surface area contributed by atoms with Crippen molar-refractivity contribution < 1.29 is 10.1 Å². The second-order valence-corrected chi connectivity index (χ2v) is 3.60. The first-order valence-electron chi connectivity index (χ1n) is 5.39. The summed E-state index contributed by atoms with van der Waals surface area (Å²) in [6, 6.07) is 6.24. The molecule has 0 spiro atoms. The predicted molar refractivity (Wildman–Crippen MR) is 63.3 cm³/mol. The second kappa shape index (κ2) is 6.25. The second-order valence-electron chi connectivity index (χ2n) is 3.60. The molecule has 0 fully saturated rings. The van der Waals surface area contributed by atoms with E-state index in [1.54, 1.807) is 0 Å². The van der Waals surface area contributed by atoms with Crippen molar-refractivity contribution in [1.82, 2.24) is 0 Å². The highest BCUT2D eigenvalue weighted by atomic mass is 16.5. The van der Waals surface area contributed by atoms with E-state index < -0.39 is 0 Å². The number of aryl methyl sites for hydroxylation is 1. The zero-order valence-corrected chi connectivity index (χ0v) is 9.62. The Morgan fingerprint density at radius 1 is 1.47 bits per heavy atom. The molecule has 0 bridgehead atoms. The van der Waals surface area contributed by atoms with E-state index in [1.165, 1.54) is 11.1 Å². The fraction of sp³-hybridized carbons (Fsp3) is 0.385. The summed E-state index contributed by atoms with van der Waals surface area (Å²) in [6.07, 6.45) is 2.78. The van der Waals surface area contributed by atoms with Gasteiger partial charge in [0.05, 0.1) is 7.05 Å². The maximum absolute atomic E-state index is 5.78. The summed E-state index contributed by atoms with van der Waals surface area (Å²) in [4.78, 5) is 0. The molecule has 2 heteroatoms. The average Bonchev–Trinajstić information content (AvgIpc) is 2.23. The molecule has 2 N–H and O–H groups in total. The van der Waals surface area contributed by atoms with Crippen LogP contribution in [0.15, 0.2) is 30.9 Å². The van der Waals surface area contributed by atoms with Gasteiger partial charge in [0.25, 0.3) is 0 Å². The normalized spacial score (nSPS) is 10.0. The largest absolute Gasteiger partial charge is 0.487 e. The highest BCUT2D eigenvalue weighted by Gasteiger charge is 2.05. The van der Waals surface area contributed by atoms with E-state index in [1.807, 2.05) is 13.1 Å². The lowest BCUT2D eigenvalue weighted by Gasteiger charge is -2.12. The van der Waals surface area contributed by atoms with Gasteiger partial charge in [-0.3, -0.25) is 0 Å². The highest BCUT2D eigenvalue weighted by Crippen LogP contribution is 2.23. The molecule has 0 aliphatic carbocycles. The smallest absolute Gasteiger partial charge is 0.137 e. The molecule has 1 aromatic carbocycles. The number of quaternary nitrogens is 1. The zero-order valence-electron chi connectivity index (χ0n) is 9.62. The molecule has 0 aliphatic heterocycles. The number of hydrogen-bond donors (Lipinski definition) is 1. The Labute approximate surface area is 92.0 Å². The lowest BCUT2D eigenvalue weighted by molar-refractivity contribution is -0.627. The lowest BCUT2D eigenvalue weighted by atomic mass is 10.1. The quantitative estimate of drug-likeness (QED) is 0.551. The Bertz CT molecular complexity index is 320. The molecule has 0 amide bonds. The van der Waals surface area contributed by atoms with E-state index >= 15 is 0 Å². The molecular formula is C13H20NO+. The van der Waals surface area contributed by atoms with Gasteiger partial charge in [0.15, 0.2) is 0 Å². The van der Waals surface area contributed by atoms with Gasteiger partial charge < -0.3 is 10.1 Å². The van der Waals surface area contributed by atoms with Crippen LogP contribution in [-0.2, 0) is 6.42 Å². The summed E-state index contributed by atoms with van der Waals surface area (Å²) in [6.45, 7) is 7.59. The van der Waals surface area contributed by atoms with E-state index in [2.05, 4.69) is 37.0 Å². The van der Waals surface area contributed by atoms with Crippen molar-refractivity contribution in [3.8, 4) is 5.75 Å². The van der Waals surface area contributed by atoms with Gasteiger partial charge in [0.2, 0.25) is 0 Å². The number of allylic oxidation sites excluding steroid dienone is 1. The third-order valence-corrected chi connectivity index (χ3v) is 2.31. The molecule has 0 saturated carbocycles. The van der Waals surface area contributed by atoms with Crippen LogP contribution in [0.5, 0.6) is 5.75 Å². The Hall–Kier alpha value is -1.28. The summed E-state index contributed by atoms with van der Waals surface area (Å²) >= 11 is 0. The summed E-state index contributed by atoms with van der Waals surface area (Å²) in [5.74, 6) is 1.03. The van der Waals surface area contributed by atoms with Crippen molar-refractivity contribution in [2.45, 2.75) is 13.3 Å². The zero-order chi connectivity index (χ0) is 11.1. The molecule has 15 heavy (non-hydrogen) atoms. The molecule has 0 aliphatic rings. The van der Waals surface area contributed by atoms with Crippen molar-refractivity contribution in [2.75, 3.05) is 20.2 Å². The molecule has 82 valence electrons. The van der Waals surface area contributed by atoms with Gasteiger partial charge in [0, 0.05) is 0 Å². The van der Waals surface area contributed by atoms with Crippen molar-refractivity contribution >= 4 is 0 Å². The van der Waals surface area contributed by atoms with Gasteiger partial charge in [-0.05, 0) is 24.5 Å². The van der Waals surface area contributed by atoms with E-state index in [4.69, 9.17) is 4.74 Å². The molecule has 1 aromatic rings. The van der Waals surface area contributed by atoms with Gasteiger partial charge in [-0.2, -0.15) is 0 Å². The maximum Gasteiger partial charge on any atom is 0.137 e. The van der Waals surface area contributed by atoms with Gasteiger partial charge in [-0.1, -0.05) is 24.3 Å². The molecule has 0 radical (unpaired) electrons. The number of benzene rings is 1. The minimum atomic E-state index is 0.755. The maximum atomic E-state index is 5.78. The lowest BCUT2D eigenvalue weighted by Crippen LogP contribution is -2.80.